The summed E-state index contributed by atoms with van der Waals surface area (Å²) in [5, 5.41) is 2.77. The Labute approximate surface area is 113 Å². The number of hydrogen-bond acceptors (Lipinski definition) is 4. The zero-order chi connectivity index (χ0) is 13.2. The zero-order valence-electron chi connectivity index (χ0n) is 10.8. The summed E-state index contributed by atoms with van der Waals surface area (Å²) < 4.78 is 0. The van der Waals surface area contributed by atoms with Crippen LogP contribution in [0.1, 0.15) is 25.7 Å². The third kappa shape index (κ3) is 6.26. The highest BCUT2D eigenvalue weighted by Crippen LogP contribution is 2.11. The molecule has 18 heavy (non-hydrogen) atoms. The van der Waals surface area contributed by atoms with Gasteiger partial charge >= 0.3 is 0 Å². The Morgan fingerprint density at radius 3 is 2.56 bits per heavy atom. The van der Waals surface area contributed by atoms with Gasteiger partial charge in [-0.25, -0.2) is 0 Å². The molecule has 1 saturated heterocycles. The first kappa shape index (κ1) is 15.3. The second-order valence-electron chi connectivity index (χ2n) is 4.43. The van der Waals surface area contributed by atoms with Crippen LogP contribution in [0, 0.1) is 0 Å². The predicted octanol–water partition coefficient (Wildman–Crippen LogP) is 0.197. The van der Waals surface area contributed by atoms with E-state index in [0.717, 1.165) is 32.4 Å². The van der Waals surface area contributed by atoms with Crippen molar-refractivity contribution in [1.82, 2.24) is 10.2 Å². The highest BCUT2D eigenvalue weighted by atomic mass is 32.2. The molecule has 3 N–H and O–H groups in total. The number of amides is 2. The molecule has 0 saturated carbocycles. The van der Waals surface area contributed by atoms with Crippen molar-refractivity contribution >= 4 is 23.6 Å². The number of piperidine rings is 1. The lowest BCUT2D eigenvalue weighted by molar-refractivity contribution is -0.129. The Morgan fingerprint density at radius 1 is 1.17 bits per heavy atom. The average molecular weight is 273 g/mol. The number of thioether (sulfide) groups is 1. The van der Waals surface area contributed by atoms with Crippen molar-refractivity contribution in [2.75, 3.05) is 37.7 Å². The first-order valence-electron chi connectivity index (χ1n) is 6.56. The smallest absolute Gasteiger partial charge is 0.232 e. The highest BCUT2D eigenvalue weighted by Gasteiger charge is 2.16. The number of hydrogen-bond donors (Lipinski definition) is 2. The van der Waals surface area contributed by atoms with E-state index < -0.39 is 0 Å². The molecule has 0 radical (unpaired) electrons. The Hall–Kier alpha value is -0.750. The van der Waals surface area contributed by atoms with E-state index in [9.17, 15) is 9.59 Å². The molecule has 104 valence electrons. The molecule has 1 aliphatic rings. The minimum Gasteiger partial charge on any atom is -0.355 e. The van der Waals surface area contributed by atoms with E-state index in [-0.39, 0.29) is 11.8 Å². The number of nitrogens with two attached hydrogens (primary N) is 1. The van der Waals surface area contributed by atoms with Gasteiger partial charge in [0.1, 0.15) is 0 Å². The fourth-order valence-corrected chi connectivity index (χ4v) is 2.59. The molecule has 6 heteroatoms. The summed E-state index contributed by atoms with van der Waals surface area (Å²) in [6.45, 7) is 2.96. The van der Waals surface area contributed by atoms with Crippen LogP contribution in [0.5, 0.6) is 0 Å². The summed E-state index contributed by atoms with van der Waals surface area (Å²) in [7, 11) is 0. The lowest BCUT2D eigenvalue weighted by atomic mass is 10.1. The minimum atomic E-state index is -0.0140. The topological polar surface area (TPSA) is 75.4 Å². The zero-order valence-corrected chi connectivity index (χ0v) is 11.6. The molecule has 1 fully saturated rings. The second kappa shape index (κ2) is 9.22. The van der Waals surface area contributed by atoms with Gasteiger partial charge in [0.05, 0.1) is 11.5 Å². The van der Waals surface area contributed by atoms with Crippen molar-refractivity contribution in [3.8, 4) is 0 Å². The molecular formula is C12H23N3O2S. The fourth-order valence-electron chi connectivity index (χ4n) is 1.85. The Bertz CT molecular complexity index is 268. The van der Waals surface area contributed by atoms with Gasteiger partial charge in [-0.05, 0) is 32.2 Å². The maximum Gasteiger partial charge on any atom is 0.232 e. The van der Waals surface area contributed by atoms with Crippen molar-refractivity contribution in [1.29, 1.82) is 0 Å². The third-order valence-corrected chi connectivity index (χ3v) is 3.79. The summed E-state index contributed by atoms with van der Waals surface area (Å²) in [4.78, 5) is 25.1. The molecular weight excluding hydrogens is 250 g/mol. The average Bonchev–Trinajstić information content (AvgIpc) is 2.40. The number of rotatable bonds is 7. The van der Waals surface area contributed by atoms with Gasteiger partial charge in [0.15, 0.2) is 0 Å². The second-order valence-corrected chi connectivity index (χ2v) is 5.41. The summed E-state index contributed by atoms with van der Waals surface area (Å²) in [6, 6.07) is 0. The van der Waals surface area contributed by atoms with E-state index in [1.54, 1.807) is 0 Å². The molecule has 0 bridgehead atoms. The van der Waals surface area contributed by atoms with Crippen LogP contribution in [0.4, 0.5) is 0 Å². The van der Waals surface area contributed by atoms with Crippen LogP contribution in [0.2, 0.25) is 0 Å². The van der Waals surface area contributed by atoms with Gasteiger partial charge in [-0.2, -0.15) is 0 Å². The van der Waals surface area contributed by atoms with Gasteiger partial charge in [0, 0.05) is 19.6 Å². The van der Waals surface area contributed by atoms with Crippen LogP contribution in [0.3, 0.4) is 0 Å². The summed E-state index contributed by atoms with van der Waals surface area (Å²) in [6.07, 6.45) is 4.23. The fraction of sp³-hybridized carbons (Fsp3) is 0.833. The van der Waals surface area contributed by atoms with Crippen molar-refractivity contribution < 1.29 is 9.59 Å². The lowest BCUT2D eigenvalue weighted by Crippen LogP contribution is -2.37. The van der Waals surface area contributed by atoms with Gasteiger partial charge in [0.25, 0.3) is 0 Å². The molecule has 0 aromatic rings. The molecule has 2 amide bonds. The van der Waals surface area contributed by atoms with E-state index in [2.05, 4.69) is 5.32 Å². The number of nitrogens with one attached hydrogen (secondary N) is 1. The predicted molar refractivity (Wildman–Crippen MR) is 74.4 cm³/mol. The van der Waals surface area contributed by atoms with Gasteiger partial charge < -0.3 is 16.0 Å². The first-order valence-corrected chi connectivity index (χ1v) is 7.72. The number of likely N-dealkylation sites (tertiary alicyclic amines) is 1. The molecule has 0 unspecified atom stereocenters. The normalized spacial score (nSPS) is 15.5. The molecule has 5 nitrogen and oxygen atoms in total. The molecule has 0 aromatic carbocycles. The monoisotopic (exact) mass is 273 g/mol. The Balaban J connectivity index is 2.05. The summed E-state index contributed by atoms with van der Waals surface area (Å²) >= 11 is 1.39. The number of nitrogens with zero attached hydrogens (tertiary/aromatic N) is 1. The van der Waals surface area contributed by atoms with Crippen molar-refractivity contribution in [2.24, 2.45) is 5.73 Å². The molecule has 1 rings (SSSR count). The van der Waals surface area contributed by atoms with Crippen LogP contribution in [0.25, 0.3) is 0 Å². The molecule has 0 atom stereocenters. The number of carbonyl (C=O) groups excluding carboxylic acids is 2. The van der Waals surface area contributed by atoms with E-state index in [1.807, 2.05) is 4.90 Å². The van der Waals surface area contributed by atoms with Crippen LogP contribution in [-0.2, 0) is 9.59 Å². The molecule has 0 aromatic heterocycles. The first-order chi connectivity index (χ1) is 8.74. The summed E-state index contributed by atoms with van der Waals surface area (Å²) in [5.41, 5.74) is 5.33. The van der Waals surface area contributed by atoms with Gasteiger partial charge in [-0.15, -0.1) is 11.8 Å². The number of carbonyl (C=O) groups is 2. The standard InChI is InChI=1S/C12H23N3O2S/c13-5-4-6-14-11(16)9-18-10-12(17)15-7-2-1-3-8-15/h1-10,13H2,(H,14,16). The van der Waals surface area contributed by atoms with E-state index in [4.69, 9.17) is 5.73 Å². The largest absolute Gasteiger partial charge is 0.355 e. The Morgan fingerprint density at radius 2 is 1.89 bits per heavy atom. The maximum atomic E-state index is 11.8. The SMILES string of the molecule is NCCCNC(=O)CSCC(=O)N1CCCCC1. The lowest BCUT2D eigenvalue weighted by Gasteiger charge is -2.26. The third-order valence-electron chi connectivity index (χ3n) is 2.87. The minimum absolute atomic E-state index is 0.0140. The van der Waals surface area contributed by atoms with Crippen LogP contribution in [0.15, 0.2) is 0 Å². The van der Waals surface area contributed by atoms with Crippen molar-refractivity contribution in [3.05, 3.63) is 0 Å². The van der Waals surface area contributed by atoms with Crippen LogP contribution >= 0.6 is 11.8 Å². The van der Waals surface area contributed by atoms with Gasteiger partial charge in [-0.3, -0.25) is 9.59 Å². The molecule has 0 aliphatic carbocycles. The van der Waals surface area contributed by atoms with Gasteiger partial charge in [-0.1, -0.05) is 0 Å². The van der Waals surface area contributed by atoms with Crippen LogP contribution < -0.4 is 11.1 Å². The quantitative estimate of drug-likeness (QED) is 0.650. The Kier molecular flexibility index (Phi) is 7.84. The molecule has 0 spiro atoms. The van der Waals surface area contributed by atoms with Crippen molar-refractivity contribution in [2.45, 2.75) is 25.7 Å². The van der Waals surface area contributed by atoms with Gasteiger partial charge in [0.2, 0.25) is 11.8 Å². The van der Waals surface area contributed by atoms with Crippen LogP contribution in [-0.4, -0.2) is 54.4 Å². The molecule has 1 aliphatic heterocycles. The van der Waals surface area contributed by atoms with E-state index >= 15 is 0 Å². The summed E-state index contributed by atoms with van der Waals surface area (Å²) in [5.74, 6) is 0.906. The van der Waals surface area contributed by atoms with E-state index in [0.29, 0.717) is 24.6 Å². The van der Waals surface area contributed by atoms with Crippen molar-refractivity contribution in [3.63, 3.8) is 0 Å². The van der Waals surface area contributed by atoms with E-state index in [1.165, 1.54) is 18.2 Å². The maximum absolute atomic E-state index is 11.8. The highest BCUT2D eigenvalue weighted by molar-refractivity contribution is 8.00. The molecule has 1 heterocycles.